The largest absolute Gasteiger partial charge is 0.496 e. The molecular weight excluding hydrogens is 296 g/mol. The molecule has 0 fully saturated rings. The highest BCUT2D eigenvalue weighted by molar-refractivity contribution is 5.88. The van der Waals surface area contributed by atoms with E-state index in [2.05, 4.69) is 66.5 Å². The topological polar surface area (TPSA) is 38.5 Å². The van der Waals surface area contributed by atoms with Gasteiger partial charge >= 0.3 is 0 Å². The summed E-state index contributed by atoms with van der Waals surface area (Å²) in [5.74, 6) is 0.893. The fourth-order valence-corrected chi connectivity index (χ4v) is 3.30. The van der Waals surface area contributed by atoms with Crippen molar-refractivity contribution in [3.05, 3.63) is 77.9 Å². The number of benzene rings is 3. The lowest BCUT2D eigenvalue weighted by atomic mass is 9.96. The minimum Gasteiger partial charge on any atom is -0.496 e. The monoisotopic (exact) mass is 320 g/mol. The van der Waals surface area contributed by atoms with Gasteiger partial charge in [-0.05, 0) is 29.4 Å². The molecule has 3 heteroatoms. The normalized spacial score (nSPS) is 12.5. The summed E-state index contributed by atoms with van der Waals surface area (Å²) in [6.07, 6.45) is 0. The van der Waals surface area contributed by atoms with E-state index in [1.54, 1.807) is 7.11 Å². The van der Waals surface area contributed by atoms with Crippen molar-refractivity contribution in [2.24, 2.45) is 5.73 Å². The van der Waals surface area contributed by atoms with Crippen LogP contribution < -0.4 is 10.5 Å². The van der Waals surface area contributed by atoms with Crippen molar-refractivity contribution < 1.29 is 4.74 Å². The van der Waals surface area contributed by atoms with Crippen molar-refractivity contribution in [2.75, 3.05) is 20.7 Å². The van der Waals surface area contributed by atoms with Crippen LogP contribution in [0.3, 0.4) is 0 Å². The Morgan fingerprint density at radius 1 is 0.958 bits per heavy atom. The van der Waals surface area contributed by atoms with E-state index in [9.17, 15) is 0 Å². The average molecular weight is 320 g/mol. The van der Waals surface area contributed by atoms with E-state index < -0.39 is 0 Å². The quantitative estimate of drug-likeness (QED) is 0.746. The molecule has 0 bridgehead atoms. The van der Waals surface area contributed by atoms with Gasteiger partial charge in [-0.25, -0.2) is 0 Å². The van der Waals surface area contributed by atoms with Gasteiger partial charge in [-0.15, -0.1) is 0 Å². The molecule has 0 saturated heterocycles. The Hall–Kier alpha value is -2.36. The van der Waals surface area contributed by atoms with Crippen LogP contribution in [0.25, 0.3) is 10.8 Å². The van der Waals surface area contributed by atoms with Gasteiger partial charge in [0.1, 0.15) is 5.75 Å². The van der Waals surface area contributed by atoms with Crippen molar-refractivity contribution in [2.45, 2.75) is 12.6 Å². The van der Waals surface area contributed by atoms with Crippen molar-refractivity contribution in [1.29, 1.82) is 0 Å². The smallest absolute Gasteiger partial charge is 0.124 e. The summed E-state index contributed by atoms with van der Waals surface area (Å²) >= 11 is 0. The fourth-order valence-electron chi connectivity index (χ4n) is 3.30. The maximum absolute atomic E-state index is 6.18. The van der Waals surface area contributed by atoms with E-state index in [4.69, 9.17) is 10.5 Å². The molecule has 0 saturated carbocycles. The van der Waals surface area contributed by atoms with Crippen LogP contribution in [-0.4, -0.2) is 25.6 Å². The third-order valence-electron chi connectivity index (χ3n) is 4.51. The van der Waals surface area contributed by atoms with Gasteiger partial charge < -0.3 is 10.5 Å². The van der Waals surface area contributed by atoms with Crippen LogP contribution in [0.4, 0.5) is 0 Å². The zero-order valence-corrected chi connectivity index (χ0v) is 14.3. The van der Waals surface area contributed by atoms with Gasteiger partial charge in [0.15, 0.2) is 0 Å². The van der Waals surface area contributed by atoms with E-state index in [-0.39, 0.29) is 6.04 Å². The van der Waals surface area contributed by atoms with Crippen molar-refractivity contribution in [1.82, 2.24) is 4.90 Å². The predicted octanol–water partition coefficient (Wildman–Crippen LogP) is 3.98. The van der Waals surface area contributed by atoms with Crippen LogP contribution >= 0.6 is 0 Å². The fraction of sp³-hybridized carbons (Fsp3) is 0.238. The van der Waals surface area contributed by atoms with Gasteiger partial charge in [-0.3, -0.25) is 4.90 Å². The summed E-state index contributed by atoms with van der Waals surface area (Å²) in [5.41, 5.74) is 8.62. The molecule has 0 aromatic heterocycles. The molecule has 0 amide bonds. The number of hydrogen-bond donors (Lipinski definition) is 1. The van der Waals surface area contributed by atoms with Gasteiger partial charge in [-0.2, -0.15) is 0 Å². The number of methoxy groups -OCH3 is 1. The second-order valence-electron chi connectivity index (χ2n) is 6.05. The van der Waals surface area contributed by atoms with Crippen molar-refractivity contribution >= 4 is 10.8 Å². The van der Waals surface area contributed by atoms with Crippen molar-refractivity contribution in [3.63, 3.8) is 0 Å². The Kier molecular flexibility index (Phi) is 5.14. The maximum atomic E-state index is 6.18. The molecule has 0 heterocycles. The number of ether oxygens (including phenoxy) is 1. The summed E-state index contributed by atoms with van der Waals surface area (Å²) in [6.45, 7) is 1.38. The summed E-state index contributed by atoms with van der Waals surface area (Å²) in [5, 5.41) is 2.41. The molecule has 3 aromatic rings. The molecule has 0 radical (unpaired) electrons. The molecule has 3 rings (SSSR count). The average Bonchev–Trinajstić information content (AvgIpc) is 2.63. The standard InChI is InChI=1S/C21H24N2O/c1-23(15-16-8-4-3-5-9-16)19(14-22)21-18-11-7-6-10-17(18)12-13-20(21)24-2/h3-13,19H,14-15,22H2,1-2H3. The van der Waals surface area contributed by atoms with Gasteiger partial charge in [0.2, 0.25) is 0 Å². The van der Waals surface area contributed by atoms with Gasteiger partial charge in [0, 0.05) is 18.7 Å². The second kappa shape index (κ2) is 7.47. The molecule has 0 spiro atoms. The second-order valence-corrected chi connectivity index (χ2v) is 6.05. The number of rotatable bonds is 6. The van der Waals surface area contributed by atoms with E-state index in [0.717, 1.165) is 17.9 Å². The van der Waals surface area contributed by atoms with Crippen LogP contribution in [0.15, 0.2) is 66.7 Å². The molecule has 1 atom stereocenters. The van der Waals surface area contributed by atoms with Crippen LogP contribution in [0.2, 0.25) is 0 Å². The Labute approximate surface area is 143 Å². The Morgan fingerprint density at radius 3 is 2.38 bits per heavy atom. The SMILES string of the molecule is COc1ccc2ccccc2c1C(CN)N(C)Cc1ccccc1. The lowest BCUT2D eigenvalue weighted by Gasteiger charge is -2.29. The highest BCUT2D eigenvalue weighted by Crippen LogP contribution is 2.35. The van der Waals surface area contributed by atoms with Crippen LogP contribution in [0.1, 0.15) is 17.2 Å². The summed E-state index contributed by atoms with van der Waals surface area (Å²) < 4.78 is 5.65. The zero-order valence-electron chi connectivity index (χ0n) is 14.3. The van der Waals surface area contributed by atoms with Crippen LogP contribution in [0, 0.1) is 0 Å². The Balaban J connectivity index is 2.02. The highest BCUT2D eigenvalue weighted by Gasteiger charge is 2.22. The summed E-state index contributed by atoms with van der Waals surface area (Å²) in [7, 11) is 3.84. The van der Waals surface area contributed by atoms with Crippen molar-refractivity contribution in [3.8, 4) is 5.75 Å². The first-order valence-electron chi connectivity index (χ1n) is 8.24. The summed E-state index contributed by atoms with van der Waals surface area (Å²) in [4.78, 5) is 2.29. The first-order chi connectivity index (χ1) is 11.7. The molecule has 0 aliphatic carbocycles. The Morgan fingerprint density at radius 2 is 1.67 bits per heavy atom. The lowest BCUT2D eigenvalue weighted by Crippen LogP contribution is -2.30. The third kappa shape index (κ3) is 3.28. The Bertz CT molecular complexity index is 801. The number of nitrogens with two attached hydrogens (primary N) is 1. The van der Waals surface area contributed by atoms with E-state index >= 15 is 0 Å². The predicted molar refractivity (Wildman–Crippen MR) is 100 cm³/mol. The van der Waals surface area contributed by atoms with Gasteiger partial charge in [0.05, 0.1) is 13.2 Å². The molecule has 1 unspecified atom stereocenters. The molecule has 0 aliphatic rings. The van der Waals surface area contributed by atoms with Crippen LogP contribution in [-0.2, 0) is 6.54 Å². The molecular formula is C21H24N2O. The lowest BCUT2D eigenvalue weighted by molar-refractivity contribution is 0.237. The van der Waals surface area contributed by atoms with E-state index in [1.807, 2.05) is 12.1 Å². The number of hydrogen-bond acceptors (Lipinski definition) is 3. The number of fused-ring (bicyclic) bond motifs is 1. The summed E-state index contributed by atoms with van der Waals surface area (Å²) in [6, 6.07) is 23.1. The van der Waals surface area contributed by atoms with E-state index in [0.29, 0.717) is 6.54 Å². The van der Waals surface area contributed by atoms with E-state index in [1.165, 1.54) is 16.3 Å². The van der Waals surface area contributed by atoms with Crippen LogP contribution in [0.5, 0.6) is 5.75 Å². The third-order valence-corrected chi connectivity index (χ3v) is 4.51. The number of nitrogens with zero attached hydrogens (tertiary/aromatic N) is 1. The minimum absolute atomic E-state index is 0.0891. The first-order valence-corrected chi connectivity index (χ1v) is 8.24. The minimum atomic E-state index is 0.0891. The molecule has 3 aromatic carbocycles. The first kappa shape index (κ1) is 16.5. The van der Waals surface area contributed by atoms with Gasteiger partial charge in [-0.1, -0.05) is 60.7 Å². The highest BCUT2D eigenvalue weighted by atomic mass is 16.5. The molecule has 2 N–H and O–H groups in total. The van der Waals surface area contributed by atoms with Gasteiger partial charge in [0.25, 0.3) is 0 Å². The number of likely N-dealkylation sites (N-methyl/N-ethyl adjacent to an activating group) is 1. The molecule has 3 nitrogen and oxygen atoms in total. The molecule has 0 aliphatic heterocycles. The molecule has 24 heavy (non-hydrogen) atoms. The maximum Gasteiger partial charge on any atom is 0.124 e. The zero-order chi connectivity index (χ0) is 16.9. The molecule has 124 valence electrons.